The number of nitrogens with zero attached hydrogens (tertiary/aromatic N) is 1. The standard InChI is InChI=1S/C27H26N2O4/c1-4-33-23-13-11-22(12-14-23)29(27(31)20-9-6-10-24(16-20)32-3)17-21-15-19-8-5-7-18(2)25(19)28-26(21)30/h5-16H,4,17H2,1-3H3,(H,28,30). The third kappa shape index (κ3) is 4.75. The molecule has 1 heterocycles. The van der Waals surface area contributed by atoms with Gasteiger partial charge < -0.3 is 19.4 Å². The van der Waals surface area contributed by atoms with Crippen LogP contribution in [0.25, 0.3) is 10.9 Å². The molecule has 0 saturated heterocycles. The number of amides is 1. The zero-order valence-corrected chi connectivity index (χ0v) is 18.9. The van der Waals surface area contributed by atoms with Crippen molar-refractivity contribution in [3.63, 3.8) is 0 Å². The van der Waals surface area contributed by atoms with Gasteiger partial charge in [0.05, 0.1) is 25.8 Å². The fraction of sp³-hybridized carbons (Fsp3) is 0.185. The van der Waals surface area contributed by atoms with Gasteiger partial charge in [0.1, 0.15) is 11.5 Å². The van der Waals surface area contributed by atoms with Crippen molar-refractivity contribution in [2.75, 3.05) is 18.6 Å². The number of aryl methyl sites for hydroxylation is 1. The van der Waals surface area contributed by atoms with Gasteiger partial charge in [0, 0.05) is 16.8 Å². The van der Waals surface area contributed by atoms with Gasteiger partial charge in [0.15, 0.2) is 0 Å². The summed E-state index contributed by atoms with van der Waals surface area (Å²) in [4.78, 5) is 31.1. The van der Waals surface area contributed by atoms with Crippen molar-refractivity contribution < 1.29 is 14.3 Å². The van der Waals surface area contributed by atoms with Gasteiger partial charge in [0.25, 0.3) is 11.5 Å². The van der Waals surface area contributed by atoms with E-state index in [0.29, 0.717) is 34.9 Å². The molecule has 1 N–H and O–H groups in total. The first kappa shape index (κ1) is 22.1. The summed E-state index contributed by atoms with van der Waals surface area (Å²) in [5.74, 6) is 1.07. The highest BCUT2D eigenvalue weighted by Crippen LogP contribution is 2.25. The third-order valence-corrected chi connectivity index (χ3v) is 5.51. The third-order valence-electron chi connectivity index (χ3n) is 5.51. The molecule has 0 radical (unpaired) electrons. The zero-order valence-electron chi connectivity index (χ0n) is 18.9. The zero-order chi connectivity index (χ0) is 23.4. The number of pyridine rings is 1. The molecule has 4 aromatic rings. The Morgan fingerprint density at radius 3 is 2.45 bits per heavy atom. The Hall–Kier alpha value is -4.06. The molecule has 0 aliphatic rings. The first-order valence-electron chi connectivity index (χ1n) is 10.8. The molecular weight excluding hydrogens is 416 g/mol. The number of para-hydroxylation sites is 1. The Kier molecular flexibility index (Phi) is 6.45. The molecule has 0 fully saturated rings. The van der Waals surface area contributed by atoms with Crippen LogP contribution in [0.1, 0.15) is 28.4 Å². The molecule has 4 rings (SSSR count). The predicted molar refractivity (Wildman–Crippen MR) is 130 cm³/mol. The van der Waals surface area contributed by atoms with Gasteiger partial charge >= 0.3 is 0 Å². The lowest BCUT2D eigenvalue weighted by Gasteiger charge is -2.23. The van der Waals surface area contributed by atoms with Crippen LogP contribution in [0.5, 0.6) is 11.5 Å². The lowest BCUT2D eigenvalue weighted by molar-refractivity contribution is 0.0984. The number of rotatable bonds is 7. The summed E-state index contributed by atoms with van der Waals surface area (Å²) in [6, 6.07) is 22.0. The van der Waals surface area contributed by atoms with Crippen LogP contribution in [0.3, 0.4) is 0 Å². The number of hydrogen-bond donors (Lipinski definition) is 1. The number of methoxy groups -OCH3 is 1. The van der Waals surface area contributed by atoms with Gasteiger partial charge in [-0.15, -0.1) is 0 Å². The number of fused-ring (bicyclic) bond motifs is 1. The van der Waals surface area contributed by atoms with E-state index >= 15 is 0 Å². The first-order chi connectivity index (χ1) is 16.0. The average Bonchev–Trinajstić information content (AvgIpc) is 2.84. The second-order valence-electron chi connectivity index (χ2n) is 7.71. The summed E-state index contributed by atoms with van der Waals surface area (Å²) in [5.41, 5.74) is 3.21. The Bertz CT molecular complexity index is 1340. The average molecular weight is 443 g/mol. The van der Waals surface area contributed by atoms with E-state index in [4.69, 9.17) is 9.47 Å². The summed E-state index contributed by atoms with van der Waals surface area (Å²) >= 11 is 0. The number of hydrogen-bond acceptors (Lipinski definition) is 4. The lowest BCUT2D eigenvalue weighted by Crippen LogP contribution is -2.33. The number of carbonyl (C=O) groups is 1. The number of anilines is 1. The Morgan fingerprint density at radius 1 is 0.970 bits per heavy atom. The maximum absolute atomic E-state index is 13.6. The van der Waals surface area contributed by atoms with Crippen LogP contribution in [0, 0.1) is 6.92 Å². The van der Waals surface area contributed by atoms with Gasteiger partial charge in [-0.1, -0.05) is 24.3 Å². The van der Waals surface area contributed by atoms with Crippen LogP contribution < -0.4 is 19.9 Å². The first-order valence-corrected chi connectivity index (χ1v) is 10.8. The van der Waals surface area contributed by atoms with Crippen molar-refractivity contribution in [1.82, 2.24) is 4.98 Å². The molecule has 1 aromatic heterocycles. The normalized spacial score (nSPS) is 10.8. The number of carbonyl (C=O) groups excluding carboxylic acids is 1. The molecule has 0 saturated carbocycles. The maximum atomic E-state index is 13.6. The van der Waals surface area contributed by atoms with Crippen molar-refractivity contribution in [3.05, 3.63) is 99.8 Å². The number of aromatic nitrogens is 1. The summed E-state index contributed by atoms with van der Waals surface area (Å²) in [6.07, 6.45) is 0. The molecule has 0 atom stereocenters. The smallest absolute Gasteiger partial charge is 0.258 e. The van der Waals surface area contributed by atoms with Gasteiger partial charge in [-0.25, -0.2) is 0 Å². The Morgan fingerprint density at radius 2 is 1.73 bits per heavy atom. The number of aromatic amines is 1. The second-order valence-corrected chi connectivity index (χ2v) is 7.71. The van der Waals surface area contributed by atoms with E-state index < -0.39 is 0 Å². The summed E-state index contributed by atoms with van der Waals surface area (Å²) < 4.78 is 10.8. The number of nitrogens with one attached hydrogen (secondary N) is 1. The summed E-state index contributed by atoms with van der Waals surface area (Å²) in [6.45, 7) is 4.54. The van der Waals surface area contributed by atoms with Crippen molar-refractivity contribution in [2.24, 2.45) is 0 Å². The van der Waals surface area contributed by atoms with Crippen LogP contribution in [-0.2, 0) is 6.54 Å². The van der Waals surface area contributed by atoms with Gasteiger partial charge in [-0.2, -0.15) is 0 Å². The van der Waals surface area contributed by atoms with Crippen molar-refractivity contribution in [3.8, 4) is 11.5 Å². The molecule has 33 heavy (non-hydrogen) atoms. The number of benzene rings is 3. The maximum Gasteiger partial charge on any atom is 0.258 e. The minimum Gasteiger partial charge on any atom is -0.497 e. The van der Waals surface area contributed by atoms with Crippen LogP contribution in [0.4, 0.5) is 5.69 Å². The lowest BCUT2D eigenvalue weighted by atomic mass is 10.1. The largest absolute Gasteiger partial charge is 0.497 e. The molecule has 6 nitrogen and oxygen atoms in total. The van der Waals surface area contributed by atoms with E-state index in [0.717, 1.165) is 16.5 Å². The van der Waals surface area contributed by atoms with E-state index in [-0.39, 0.29) is 18.0 Å². The quantitative estimate of drug-likeness (QED) is 0.433. The monoisotopic (exact) mass is 442 g/mol. The summed E-state index contributed by atoms with van der Waals surface area (Å²) in [5, 5.41) is 0.921. The molecule has 3 aromatic carbocycles. The molecule has 0 aliphatic heterocycles. The Labute approximate surface area is 192 Å². The topological polar surface area (TPSA) is 71.6 Å². The fourth-order valence-corrected chi connectivity index (χ4v) is 3.80. The van der Waals surface area contributed by atoms with Crippen LogP contribution in [-0.4, -0.2) is 24.6 Å². The highest BCUT2D eigenvalue weighted by atomic mass is 16.5. The van der Waals surface area contributed by atoms with Gasteiger partial charge in [-0.05, 0) is 73.3 Å². The molecule has 0 aliphatic carbocycles. The van der Waals surface area contributed by atoms with Crippen molar-refractivity contribution in [1.29, 1.82) is 0 Å². The molecule has 6 heteroatoms. The fourth-order valence-electron chi connectivity index (χ4n) is 3.80. The number of H-pyrrole nitrogens is 1. The van der Waals surface area contributed by atoms with E-state index in [2.05, 4.69) is 4.98 Å². The minimum absolute atomic E-state index is 0.114. The molecular formula is C27H26N2O4. The van der Waals surface area contributed by atoms with E-state index in [1.807, 2.05) is 62.4 Å². The van der Waals surface area contributed by atoms with Crippen molar-refractivity contribution in [2.45, 2.75) is 20.4 Å². The summed E-state index contributed by atoms with van der Waals surface area (Å²) in [7, 11) is 1.56. The number of ether oxygens (including phenoxy) is 2. The molecule has 1 amide bonds. The van der Waals surface area contributed by atoms with Gasteiger partial charge in [0.2, 0.25) is 0 Å². The SMILES string of the molecule is CCOc1ccc(N(Cc2cc3cccc(C)c3[nH]c2=O)C(=O)c2cccc(OC)c2)cc1. The second kappa shape index (κ2) is 9.61. The highest BCUT2D eigenvalue weighted by Gasteiger charge is 2.21. The molecule has 0 bridgehead atoms. The van der Waals surface area contributed by atoms with Crippen molar-refractivity contribution >= 4 is 22.5 Å². The molecule has 0 spiro atoms. The predicted octanol–water partition coefficient (Wildman–Crippen LogP) is 5.09. The Balaban J connectivity index is 1.77. The van der Waals surface area contributed by atoms with E-state index in [1.165, 1.54) is 0 Å². The minimum atomic E-state index is -0.234. The van der Waals surface area contributed by atoms with Crippen LogP contribution in [0.15, 0.2) is 77.6 Å². The highest BCUT2D eigenvalue weighted by molar-refractivity contribution is 6.06. The van der Waals surface area contributed by atoms with E-state index in [1.54, 1.807) is 36.3 Å². The van der Waals surface area contributed by atoms with Crippen LogP contribution >= 0.6 is 0 Å². The van der Waals surface area contributed by atoms with Gasteiger partial charge in [-0.3, -0.25) is 9.59 Å². The molecule has 168 valence electrons. The molecule has 0 unspecified atom stereocenters. The van der Waals surface area contributed by atoms with E-state index in [9.17, 15) is 9.59 Å². The van der Waals surface area contributed by atoms with Crippen LogP contribution in [0.2, 0.25) is 0 Å².